The normalized spacial score (nSPS) is 29.6. The molecule has 25 heavy (non-hydrogen) atoms. The Bertz CT molecular complexity index is 708. The highest BCUT2D eigenvalue weighted by molar-refractivity contribution is 5.86. The Labute approximate surface area is 146 Å². The maximum atomic E-state index is 13.3. The lowest BCUT2D eigenvalue weighted by Crippen LogP contribution is -2.51. The molecule has 2 aromatic rings. The van der Waals surface area contributed by atoms with Gasteiger partial charge in [0.05, 0.1) is 0 Å². The first-order chi connectivity index (χ1) is 12.1. The Kier molecular flexibility index (Phi) is 4.16. The SMILES string of the molecule is CN1[C@H](c2ccc(F)cc2)[C@H]2CCC[C@@H](C2=O)[C@@H]1c1ccc(F)cc1. The first-order valence-corrected chi connectivity index (χ1v) is 8.83. The van der Waals surface area contributed by atoms with Gasteiger partial charge in [0.25, 0.3) is 0 Å². The third-order valence-electron chi connectivity index (χ3n) is 5.82. The summed E-state index contributed by atoms with van der Waals surface area (Å²) in [6, 6.07) is 12.8. The molecule has 1 aliphatic heterocycles. The molecule has 2 bridgehead atoms. The second-order valence-corrected chi connectivity index (χ2v) is 7.20. The summed E-state index contributed by atoms with van der Waals surface area (Å²) in [7, 11) is 2.03. The fourth-order valence-electron chi connectivity index (χ4n) is 4.74. The van der Waals surface area contributed by atoms with Crippen molar-refractivity contribution >= 4 is 5.78 Å². The van der Waals surface area contributed by atoms with Crippen molar-refractivity contribution in [2.45, 2.75) is 31.3 Å². The minimum atomic E-state index is -0.273. The highest BCUT2D eigenvalue weighted by atomic mass is 19.1. The Balaban J connectivity index is 1.77. The molecule has 1 saturated carbocycles. The maximum Gasteiger partial charge on any atom is 0.142 e. The van der Waals surface area contributed by atoms with Crippen LogP contribution in [0, 0.1) is 23.5 Å². The number of carbonyl (C=O) groups is 1. The van der Waals surface area contributed by atoms with Crippen molar-refractivity contribution in [3.63, 3.8) is 0 Å². The van der Waals surface area contributed by atoms with Gasteiger partial charge in [0.2, 0.25) is 0 Å². The number of likely N-dealkylation sites (tertiary alicyclic amines) is 1. The molecule has 0 unspecified atom stereocenters. The van der Waals surface area contributed by atoms with Gasteiger partial charge in [-0.05, 0) is 55.3 Å². The van der Waals surface area contributed by atoms with E-state index in [9.17, 15) is 13.6 Å². The monoisotopic (exact) mass is 341 g/mol. The third-order valence-corrected chi connectivity index (χ3v) is 5.82. The number of hydrogen-bond acceptors (Lipinski definition) is 2. The summed E-state index contributed by atoms with van der Waals surface area (Å²) in [6.07, 6.45) is 2.76. The van der Waals surface area contributed by atoms with E-state index >= 15 is 0 Å². The summed E-state index contributed by atoms with van der Waals surface area (Å²) in [4.78, 5) is 15.3. The van der Waals surface area contributed by atoms with E-state index in [2.05, 4.69) is 4.90 Å². The molecule has 1 saturated heterocycles. The van der Waals surface area contributed by atoms with Gasteiger partial charge in [0.1, 0.15) is 17.4 Å². The van der Waals surface area contributed by atoms with Gasteiger partial charge in [-0.2, -0.15) is 0 Å². The molecule has 0 radical (unpaired) electrons. The molecule has 4 atom stereocenters. The molecule has 2 fully saturated rings. The van der Waals surface area contributed by atoms with Gasteiger partial charge in [-0.1, -0.05) is 30.7 Å². The van der Waals surface area contributed by atoms with Crippen LogP contribution in [0.2, 0.25) is 0 Å². The average Bonchev–Trinajstić information content (AvgIpc) is 2.60. The van der Waals surface area contributed by atoms with Crippen molar-refractivity contribution in [1.82, 2.24) is 4.90 Å². The minimum absolute atomic E-state index is 0.0501. The van der Waals surface area contributed by atoms with E-state index in [0.29, 0.717) is 5.78 Å². The Morgan fingerprint density at radius 1 is 0.800 bits per heavy atom. The number of fused-ring (bicyclic) bond motifs is 2. The van der Waals surface area contributed by atoms with Crippen LogP contribution in [0.15, 0.2) is 48.5 Å². The third kappa shape index (κ3) is 2.78. The predicted molar refractivity (Wildman–Crippen MR) is 91.9 cm³/mol. The average molecular weight is 341 g/mol. The Hall–Kier alpha value is -2.07. The summed E-state index contributed by atoms with van der Waals surface area (Å²) >= 11 is 0. The summed E-state index contributed by atoms with van der Waals surface area (Å²) < 4.78 is 26.7. The fraction of sp³-hybridized carbons (Fsp3) is 0.381. The predicted octanol–water partition coefficient (Wildman–Crippen LogP) is 4.68. The number of rotatable bonds is 2. The lowest BCUT2D eigenvalue weighted by atomic mass is 9.66. The van der Waals surface area contributed by atoms with Crippen LogP contribution in [0.25, 0.3) is 0 Å². The molecule has 0 N–H and O–H groups in total. The van der Waals surface area contributed by atoms with Gasteiger partial charge in [-0.15, -0.1) is 0 Å². The van der Waals surface area contributed by atoms with Crippen molar-refractivity contribution in [1.29, 1.82) is 0 Å². The standard InChI is InChI=1S/C21H21F2NO/c1-24-19(13-5-9-15(22)10-6-13)17-3-2-4-18(21(17)25)20(24)14-7-11-16(23)12-8-14/h5-12,17-20H,2-4H2,1H3/t17-,18-,19-,20+/m1/s1. The summed E-state index contributed by atoms with van der Waals surface area (Å²) in [5.74, 6) is -0.347. The van der Waals surface area contributed by atoms with Crippen LogP contribution in [0.5, 0.6) is 0 Å². The van der Waals surface area contributed by atoms with Gasteiger partial charge in [0.15, 0.2) is 0 Å². The number of piperidine rings is 1. The lowest BCUT2D eigenvalue weighted by Gasteiger charge is -2.50. The van der Waals surface area contributed by atoms with Crippen LogP contribution in [0.4, 0.5) is 8.78 Å². The van der Waals surface area contributed by atoms with Crippen molar-refractivity contribution < 1.29 is 13.6 Å². The van der Waals surface area contributed by atoms with E-state index in [0.717, 1.165) is 30.4 Å². The fourth-order valence-corrected chi connectivity index (χ4v) is 4.74. The van der Waals surface area contributed by atoms with Gasteiger partial charge < -0.3 is 0 Å². The van der Waals surface area contributed by atoms with E-state index in [1.807, 2.05) is 7.05 Å². The Morgan fingerprint density at radius 3 is 1.60 bits per heavy atom. The number of ketones is 1. The number of Topliss-reactive ketones (excluding diaryl/α,β-unsaturated/α-hetero) is 1. The zero-order valence-electron chi connectivity index (χ0n) is 14.2. The lowest BCUT2D eigenvalue weighted by molar-refractivity contribution is -0.143. The molecule has 4 rings (SSSR count). The van der Waals surface area contributed by atoms with Crippen LogP contribution < -0.4 is 0 Å². The maximum absolute atomic E-state index is 13.3. The molecule has 0 amide bonds. The summed E-state index contributed by atoms with van der Waals surface area (Å²) in [5, 5.41) is 0. The Morgan fingerprint density at radius 2 is 1.20 bits per heavy atom. The summed E-state index contributed by atoms with van der Waals surface area (Å²) in [5.41, 5.74) is 1.93. The molecule has 2 nitrogen and oxygen atoms in total. The zero-order valence-corrected chi connectivity index (χ0v) is 14.2. The molecule has 1 heterocycles. The van der Waals surface area contributed by atoms with Crippen LogP contribution in [0.3, 0.4) is 0 Å². The van der Waals surface area contributed by atoms with E-state index in [1.165, 1.54) is 24.3 Å². The number of hydrogen-bond donors (Lipinski definition) is 0. The molecule has 1 aliphatic carbocycles. The van der Waals surface area contributed by atoms with E-state index < -0.39 is 0 Å². The molecule has 0 aromatic heterocycles. The highest BCUT2D eigenvalue weighted by Gasteiger charge is 2.49. The van der Waals surface area contributed by atoms with Gasteiger partial charge >= 0.3 is 0 Å². The number of carbonyl (C=O) groups excluding carboxylic acids is 1. The minimum Gasteiger partial charge on any atom is -0.299 e. The van der Waals surface area contributed by atoms with Crippen LogP contribution in [0.1, 0.15) is 42.5 Å². The smallest absolute Gasteiger partial charge is 0.142 e. The molecule has 4 heteroatoms. The first kappa shape index (κ1) is 16.4. The second-order valence-electron chi connectivity index (χ2n) is 7.20. The van der Waals surface area contributed by atoms with Crippen molar-refractivity contribution in [2.75, 3.05) is 7.05 Å². The number of nitrogens with zero attached hydrogens (tertiary/aromatic N) is 1. The van der Waals surface area contributed by atoms with Crippen LogP contribution in [-0.4, -0.2) is 17.7 Å². The van der Waals surface area contributed by atoms with Crippen LogP contribution in [-0.2, 0) is 4.79 Å². The topological polar surface area (TPSA) is 20.3 Å². The van der Waals surface area contributed by atoms with Crippen LogP contribution >= 0.6 is 0 Å². The largest absolute Gasteiger partial charge is 0.299 e. The second kappa shape index (κ2) is 6.34. The number of benzene rings is 2. The molecule has 2 aliphatic rings. The van der Waals surface area contributed by atoms with Gasteiger partial charge in [-0.25, -0.2) is 8.78 Å². The number of halogens is 2. The highest BCUT2D eigenvalue weighted by Crippen LogP contribution is 2.50. The molecule has 0 spiro atoms. The molecular formula is C21H21F2NO. The van der Waals surface area contributed by atoms with Crippen molar-refractivity contribution in [3.05, 3.63) is 71.3 Å². The van der Waals surface area contributed by atoms with Crippen molar-refractivity contribution in [3.8, 4) is 0 Å². The quantitative estimate of drug-likeness (QED) is 0.791. The summed E-state index contributed by atoms with van der Waals surface area (Å²) in [6.45, 7) is 0. The molecule has 2 aromatic carbocycles. The molecular weight excluding hydrogens is 320 g/mol. The van der Waals surface area contributed by atoms with Crippen molar-refractivity contribution in [2.24, 2.45) is 11.8 Å². The van der Waals surface area contributed by atoms with E-state index in [1.54, 1.807) is 24.3 Å². The molecule has 130 valence electrons. The van der Waals surface area contributed by atoms with E-state index in [-0.39, 0.29) is 35.6 Å². The first-order valence-electron chi connectivity index (χ1n) is 8.83. The van der Waals surface area contributed by atoms with E-state index in [4.69, 9.17) is 0 Å². The van der Waals surface area contributed by atoms with Gasteiger partial charge in [0, 0.05) is 23.9 Å². The zero-order chi connectivity index (χ0) is 17.6. The van der Waals surface area contributed by atoms with Gasteiger partial charge in [-0.3, -0.25) is 9.69 Å².